The van der Waals surface area contributed by atoms with E-state index in [1.54, 1.807) is 0 Å². The van der Waals surface area contributed by atoms with Gasteiger partial charge in [-0.15, -0.1) is 0 Å². The number of benzene rings is 1. The van der Waals surface area contributed by atoms with Crippen LogP contribution in [0.25, 0.3) is 0 Å². The minimum atomic E-state index is -1.53. The predicted octanol–water partition coefficient (Wildman–Crippen LogP) is 2.90. The second-order valence-electron chi connectivity index (χ2n) is 4.20. The Bertz CT molecular complexity index is 371. The van der Waals surface area contributed by atoms with Gasteiger partial charge in [0.1, 0.15) is 5.67 Å². The SMILES string of the molecule is Fc1ccc(C2(F)CCCNCC2)cc1F. The smallest absolute Gasteiger partial charge is 0.159 e. The molecule has 4 heteroatoms. The molecule has 0 amide bonds. The van der Waals surface area contributed by atoms with E-state index in [0.717, 1.165) is 18.7 Å². The number of rotatable bonds is 1. The fraction of sp³-hybridized carbons (Fsp3) is 0.500. The van der Waals surface area contributed by atoms with Gasteiger partial charge in [-0.05, 0) is 50.0 Å². The molecule has 0 bridgehead atoms. The summed E-state index contributed by atoms with van der Waals surface area (Å²) in [5.41, 5.74) is -1.28. The average Bonchev–Trinajstić information content (AvgIpc) is 2.48. The fourth-order valence-electron chi connectivity index (χ4n) is 2.09. The maximum atomic E-state index is 14.5. The summed E-state index contributed by atoms with van der Waals surface area (Å²) >= 11 is 0. The van der Waals surface area contributed by atoms with E-state index in [9.17, 15) is 13.2 Å². The van der Waals surface area contributed by atoms with Crippen LogP contribution >= 0.6 is 0 Å². The van der Waals surface area contributed by atoms with E-state index >= 15 is 0 Å². The maximum Gasteiger partial charge on any atom is 0.159 e. The molecule has 1 unspecified atom stereocenters. The van der Waals surface area contributed by atoms with Gasteiger partial charge in [0.05, 0.1) is 0 Å². The highest BCUT2D eigenvalue weighted by atomic mass is 19.2. The normalized spacial score (nSPS) is 26.4. The van der Waals surface area contributed by atoms with Gasteiger partial charge in [0.15, 0.2) is 11.6 Å². The van der Waals surface area contributed by atoms with Crippen molar-refractivity contribution >= 4 is 0 Å². The highest BCUT2D eigenvalue weighted by Gasteiger charge is 2.33. The summed E-state index contributed by atoms with van der Waals surface area (Å²) in [6.45, 7) is 1.34. The molecule has 1 N–H and O–H groups in total. The maximum absolute atomic E-state index is 14.5. The van der Waals surface area contributed by atoms with Crippen LogP contribution in [0.1, 0.15) is 24.8 Å². The van der Waals surface area contributed by atoms with Crippen molar-refractivity contribution < 1.29 is 13.2 Å². The largest absolute Gasteiger partial charge is 0.317 e. The van der Waals surface area contributed by atoms with Crippen LogP contribution < -0.4 is 5.32 Å². The Labute approximate surface area is 92.7 Å². The van der Waals surface area contributed by atoms with Crippen molar-refractivity contribution in [3.63, 3.8) is 0 Å². The van der Waals surface area contributed by atoms with E-state index in [0.29, 0.717) is 25.8 Å². The number of nitrogens with one attached hydrogen (secondary N) is 1. The average molecular weight is 229 g/mol. The summed E-state index contributed by atoms with van der Waals surface area (Å²) in [7, 11) is 0. The Hall–Kier alpha value is -1.03. The highest BCUT2D eigenvalue weighted by Crippen LogP contribution is 2.36. The Morgan fingerprint density at radius 1 is 1.06 bits per heavy atom. The third kappa shape index (κ3) is 2.21. The van der Waals surface area contributed by atoms with Gasteiger partial charge >= 0.3 is 0 Å². The third-order valence-corrected chi connectivity index (χ3v) is 3.06. The van der Waals surface area contributed by atoms with Crippen LogP contribution in [-0.4, -0.2) is 13.1 Å². The van der Waals surface area contributed by atoms with Gasteiger partial charge in [-0.3, -0.25) is 0 Å². The fourth-order valence-corrected chi connectivity index (χ4v) is 2.09. The lowest BCUT2D eigenvalue weighted by atomic mass is 9.88. The lowest BCUT2D eigenvalue weighted by molar-refractivity contribution is 0.144. The summed E-state index contributed by atoms with van der Waals surface area (Å²) in [5.74, 6) is -1.91. The van der Waals surface area contributed by atoms with Crippen LogP contribution in [0.15, 0.2) is 18.2 Å². The molecule has 1 atom stereocenters. The molecular weight excluding hydrogens is 215 g/mol. The predicted molar refractivity (Wildman–Crippen MR) is 55.9 cm³/mol. The molecule has 2 rings (SSSR count). The highest BCUT2D eigenvalue weighted by molar-refractivity contribution is 5.24. The zero-order chi connectivity index (χ0) is 11.6. The number of alkyl halides is 1. The van der Waals surface area contributed by atoms with Crippen LogP contribution in [0, 0.1) is 11.6 Å². The monoisotopic (exact) mass is 229 g/mol. The lowest BCUT2D eigenvalue weighted by Crippen LogP contribution is -2.22. The molecule has 1 saturated heterocycles. The van der Waals surface area contributed by atoms with E-state index in [2.05, 4.69) is 5.32 Å². The standard InChI is InChI=1S/C12H14F3N/c13-10-3-2-9(8-11(10)14)12(15)4-1-6-16-7-5-12/h2-3,8,16H,1,4-7H2. The molecule has 1 fully saturated rings. The van der Waals surface area contributed by atoms with E-state index in [4.69, 9.17) is 0 Å². The first-order chi connectivity index (χ1) is 7.62. The summed E-state index contributed by atoms with van der Waals surface area (Å²) in [6, 6.07) is 3.30. The molecule has 0 aliphatic carbocycles. The topological polar surface area (TPSA) is 12.0 Å². The summed E-state index contributed by atoms with van der Waals surface area (Å²) in [4.78, 5) is 0. The Morgan fingerprint density at radius 2 is 1.88 bits per heavy atom. The van der Waals surface area contributed by atoms with E-state index in [-0.39, 0.29) is 5.56 Å². The van der Waals surface area contributed by atoms with Crippen LogP contribution in [-0.2, 0) is 5.67 Å². The summed E-state index contributed by atoms with van der Waals surface area (Å²) in [6.07, 6.45) is 1.36. The first-order valence-corrected chi connectivity index (χ1v) is 5.47. The van der Waals surface area contributed by atoms with Crippen LogP contribution in [0.5, 0.6) is 0 Å². The van der Waals surface area contributed by atoms with Crippen molar-refractivity contribution in [2.24, 2.45) is 0 Å². The third-order valence-electron chi connectivity index (χ3n) is 3.06. The van der Waals surface area contributed by atoms with Crippen molar-refractivity contribution in [1.29, 1.82) is 0 Å². The van der Waals surface area contributed by atoms with Gasteiger partial charge in [0.2, 0.25) is 0 Å². The summed E-state index contributed by atoms with van der Waals surface area (Å²) < 4.78 is 40.4. The number of hydrogen-bond acceptors (Lipinski definition) is 1. The second-order valence-corrected chi connectivity index (χ2v) is 4.20. The van der Waals surface area contributed by atoms with E-state index < -0.39 is 17.3 Å². The van der Waals surface area contributed by atoms with Gasteiger partial charge < -0.3 is 5.32 Å². The lowest BCUT2D eigenvalue weighted by Gasteiger charge is -2.23. The molecular formula is C12H14F3N. The molecule has 0 radical (unpaired) electrons. The van der Waals surface area contributed by atoms with Crippen LogP contribution in [0.2, 0.25) is 0 Å². The van der Waals surface area contributed by atoms with E-state index in [1.165, 1.54) is 6.07 Å². The van der Waals surface area contributed by atoms with Gasteiger partial charge in [-0.1, -0.05) is 6.07 Å². The Kier molecular flexibility index (Phi) is 3.19. The van der Waals surface area contributed by atoms with Crippen molar-refractivity contribution in [1.82, 2.24) is 5.32 Å². The molecule has 0 spiro atoms. The molecule has 0 saturated carbocycles. The van der Waals surface area contributed by atoms with Crippen LogP contribution in [0.4, 0.5) is 13.2 Å². The molecule has 88 valence electrons. The number of hydrogen-bond donors (Lipinski definition) is 1. The molecule has 0 aromatic heterocycles. The second kappa shape index (κ2) is 4.45. The molecule has 1 nitrogen and oxygen atoms in total. The zero-order valence-corrected chi connectivity index (χ0v) is 8.90. The Morgan fingerprint density at radius 3 is 2.62 bits per heavy atom. The van der Waals surface area contributed by atoms with Gasteiger partial charge in [-0.2, -0.15) is 0 Å². The van der Waals surface area contributed by atoms with Crippen molar-refractivity contribution in [2.45, 2.75) is 24.9 Å². The van der Waals surface area contributed by atoms with Crippen molar-refractivity contribution in [3.05, 3.63) is 35.4 Å². The minimum absolute atomic E-state index is 0.245. The molecule has 16 heavy (non-hydrogen) atoms. The van der Waals surface area contributed by atoms with Gasteiger partial charge in [0, 0.05) is 0 Å². The summed E-state index contributed by atoms with van der Waals surface area (Å²) in [5, 5.41) is 3.09. The van der Waals surface area contributed by atoms with Crippen LogP contribution in [0.3, 0.4) is 0 Å². The first kappa shape index (κ1) is 11.5. The molecule has 1 aromatic carbocycles. The molecule has 1 aliphatic heterocycles. The minimum Gasteiger partial charge on any atom is -0.317 e. The van der Waals surface area contributed by atoms with E-state index in [1.807, 2.05) is 0 Å². The first-order valence-electron chi connectivity index (χ1n) is 5.47. The molecule has 1 heterocycles. The quantitative estimate of drug-likeness (QED) is 0.780. The van der Waals surface area contributed by atoms with Crippen molar-refractivity contribution in [3.8, 4) is 0 Å². The molecule has 1 aromatic rings. The van der Waals surface area contributed by atoms with Gasteiger partial charge in [-0.25, -0.2) is 13.2 Å². The zero-order valence-electron chi connectivity index (χ0n) is 8.90. The van der Waals surface area contributed by atoms with Gasteiger partial charge in [0.25, 0.3) is 0 Å². The Balaban J connectivity index is 2.29. The van der Waals surface area contributed by atoms with Crippen molar-refractivity contribution in [2.75, 3.05) is 13.1 Å². The molecule has 1 aliphatic rings. The number of halogens is 3.